The van der Waals surface area contributed by atoms with Crippen LogP contribution in [-0.2, 0) is 21.5 Å². The van der Waals surface area contributed by atoms with Crippen molar-refractivity contribution in [2.45, 2.75) is 39.7 Å². The third kappa shape index (κ3) is 2.37. The molecule has 19 heavy (non-hydrogen) atoms. The van der Waals surface area contributed by atoms with Crippen LogP contribution in [0.3, 0.4) is 0 Å². The Bertz CT molecular complexity index is 596. The average Bonchev–Trinajstić information content (AvgIpc) is 2.82. The number of nitrogens with zero attached hydrogens (tertiary/aromatic N) is 1. The van der Waals surface area contributed by atoms with E-state index in [0.717, 1.165) is 17.3 Å². The first kappa shape index (κ1) is 13.7. The number of carbonyl (C=O) groups is 1. The van der Waals surface area contributed by atoms with Gasteiger partial charge in [0.25, 0.3) is 0 Å². The number of fused-ring (bicyclic) bond motifs is 1. The first-order valence-electron chi connectivity index (χ1n) is 6.78. The van der Waals surface area contributed by atoms with Crippen molar-refractivity contribution in [3.63, 3.8) is 0 Å². The Morgan fingerprint density at radius 2 is 2.00 bits per heavy atom. The quantitative estimate of drug-likeness (QED) is 0.787. The summed E-state index contributed by atoms with van der Waals surface area (Å²) in [4.78, 5) is 12.1. The van der Waals surface area contributed by atoms with Gasteiger partial charge < -0.3 is 9.30 Å². The molecule has 3 nitrogen and oxygen atoms in total. The number of aryl methyl sites for hydroxylation is 1. The molecular weight excluding hydrogens is 238 g/mol. The highest BCUT2D eigenvalue weighted by Gasteiger charge is 2.31. The van der Waals surface area contributed by atoms with Crippen LogP contribution in [0.2, 0.25) is 0 Å². The number of hydrogen-bond donors (Lipinski definition) is 0. The predicted molar refractivity (Wildman–Crippen MR) is 77.3 cm³/mol. The standard InChI is InChI=1S/C16H21NO2/c1-5-12-7-8-14-13(11-12)9-10-17(14)16(3,4)15(18)19-6-2/h7-11H,5-6H2,1-4H3. The van der Waals surface area contributed by atoms with Crippen LogP contribution in [0.15, 0.2) is 30.5 Å². The SMILES string of the molecule is CCOC(=O)C(C)(C)n1ccc2cc(CC)ccc21. The molecule has 0 saturated heterocycles. The molecule has 2 aromatic rings. The summed E-state index contributed by atoms with van der Waals surface area (Å²) in [5.41, 5.74) is 1.68. The third-order valence-electron chi connectivity index (χ3n) is 3.54. The van der Waals surface area contributed by atoms with Crippen LogP contribution in [0.1, 0.15) is 33.3 Å². The van der Waals surface area contributed by atoms with Gasteiger partial charge in [0, 0.05) is 11.7 Å². The fraction of sp³-hybridized carbons (Fsp3) is 0.438. The molecule has 0 amide bonds. The molecule has 0 unspecified atom stereocenters. The Morgan fingerprint density at radius 3 is 2.63 bits per heavy atom. The molecule has 0 fully saturated rings. The maximum Gasteiger partial charge on any atom is 0.331 e. The number of benzene rings is 1. The number of ether oxygens (including phenoxy) is 1. The lowest BCUT2D eigenvalue weighted by molar-refractivity contribution is -0.151. The minimum absolute atomic E-state index is 0.202. The van der Waals surface area contributed by atoms with Gasteiger partial charge in [-0.3, -0.25) is 0 Å². The zero-order valence-corrected chi connectivity index (χ0v) is 12.1. The van der Waals surface area contributed by atoms with E-state index < -0.39 is 5.54 Å². The van der Waals surface area contributed by atoms with Crippen molar-refractivity contribution in [1.29, 1.82) is 0 Å². The van der Waals surface area contributed by atoms with Crippen molar-refractivity contribution in [1.82, 2.24) is 4.57 Å². The molecule has 0 aliphatic rings. The third-order valence-corrected chi connectivity index (χ3v) is 3.54. The molecule has 0 spiro atoms. The molecule has 0 saturated carbocycles. The molecule has 0 aliphatic heterocycles. The summed E-state index contributed by atoms with van der Waals surface area (Å²) in [6, 6.07) is 8.41. The van der Waals surface area contributed by atoms with Gasteiger partial charge in [0.15, 0.2) is 0 Å². The maximum absolute atomic E-state index is 12.1. The van der Waals surface area contributed by atoms with E-state index in [0.29, 0.717) is 6.61 Å². The molecule has 0 radical (unpaired) electrons. The number of aromatic nitrogens is 1. The summed E-state index contributed by atoms with van der Waals surface area (Å²) in [7, 11) is 0. The molecule has 0 bridgehead atoms. The van der Waals surface area contributed by atoms with Crippen LogP contribution in [-0.4, -0.2) is 17.1 Å². The highest BCUT2D eigenvalue weighted by molar-refractivity contribution is 5.85. The highest BCUT2D eigenvalue weighted by Crippen LogP contribution is 2.26. The minimum Gasteiger partial charge on any atom is -0.464 e. The average molecular weight is 259 g/mol. The Labute approximate surface area is 114 Å². The number of hydrogen-bond acceptors (Lipinski definition) is 2. The summed E-state index contributed by atoms with van der Waals surface area (Å²) < 4.78 is 7.15. The molecule has 3 heteroatoms. The first-order valence-corrected chi connectivity index (χ1v) is 6.78. The fourth-order valence-electron chi connectivity index (χ4n) is 2.31. The Balaban J connectivity index is 2.48. The maximum atomic E-state index is 12.1. The topological polar surface area (TPSA) is 31.2 Å². The largest absolute Gasteiger partial charge is 0.464 e. The Kier molecular flexibility index (Phi) is 3.65. The second-order valence-electron chi connectivity index (χ2n) is 5.21. The number of rotatable bonds is 4. The van der Waals surface area contributed by atoms with E-state index in [1.807, 2.05) is 31.5 Å². The molecule has 0 atom stereocenters. The zero-order chi connectivity index (χ0) is 14.0. The van der Waals surface area contributed by atoms with Gasteiger partial charge in [-0.05, 0) is 56.3 Å². The minimum atomic E-state index is -0.689. The van der Waals surface area contributed by atoms with Crippen molar-refractivity contribution in [3.8, 4) is 0 Å². The summed E-state index contributed by atoms with van der Waals surface area (Å²) in [6.07, 6.45) is 2.98. The lowest BCUT2D eigenvalue weighted by Crippen LogP contribution is -2.36. The van der Waals surface area contributed by atoms with Crippen LogP contribution in [0, 0.1) is 0 Å². The van der Waals surface area contributed by atoms with Gasteiger partial charge in [0.1, 0.15) is 5.54 Å². The van der Waals surface area contributed by atoms with Crippen molar-refractivity contribution in [2.75, 3.05) is 6.61 Å². The van der Waals surface area contributed by atoms with Gasteiger partial charge >= 0.3 is 5.97 Å². The summed E-state index contributed by atoms with van der Waals surface area (Å²) in [5.74, 6) is -0.202. The van der Waals surface area contributed by atoms with Crippen LogP contribution >= 0.6 is 0 Å². The molecule has 1 heterocycles. The molecule has 0 aliphatic carbocycles. The van der Waals surface area contributed by atoms with E-state index in [1.165, 1.54) is 5.56 Å². The number of esters is 1. The monoisotopic (exact) mass is 259 g/mol. The van der Waals surface area contributed by atoms with E-state index in [-0.39, 0.29) is 5.97 Å². The van der Waals surface area contributed by atoms with E-state index in [9.17, 15) is 4.79 Å². The second-order valence-corrected chi connectivity index (χ2v) is 5.21. The van der Waals surface area contributed by atoms with E-state index in [4.69, 9.17) is 4.74 Å². The molecule has 0 N–H and O–H groups in total. The Hall–Kier alpha value is -1.77. The van der Waals surface area contributed by atoms with Crippen molar-refractivity contribution < 1.29 is 9.53 Å². The van der Waals surface area contributed by atoms with E-state index >= 15 is 0 Å². The van der Waals surface area contributed by atoms with E-state index in [2.05, 4.69) is 31.2 Å². The molecule has 102 valence electrons. The lowest BCUT2D eigenvalue weighted by atomic mass is 10.0. The molecular formula is C16H21NO2. The van der Waals surface area contributed by atoms with Crippen LogP contribution < -0.4 is 0 Å². The van der Waals surface area contributed by atoms with Gasteiger partial charge in [-0.1, -0.05) is 13.0 Å². The predicted octanol–water partition coefficient (Wildman–Crippen LogP) is 3.50. The lowest BCUT2D eigenvalue weighted by Gasteiger charge is -2.25. The number of carbonyl (C=O) groups excluding carboxylic acids is 1. The van der Waals surface area contributed by atoms with Crippen LogP contribution in [0.5, 0.6) is 0 Å². The molecule has 2 rings (SSSR count). The zero-order valence-electron chi connectivity index (χ0n) is 12.1. The normalized spacial score (nSPS) is 11.8. The van der Waals surface area contributed by atoms with Crippen molar-refractivity contribution in [3.05, 3.63) is 36.0 Å². The highest BCUT2D eigenvalue weighted by atomic mass is 16.5. The van der Waals surface area contributed by atoms with Crippen molar-refractivity contribution >= 4 is 16.9 Å². The van der Waals surface area contributed by atoms with Crippen LogP contribution in [0.4, 0.5) is 0 Å². The fourth-order valence-corrected chi connectivity index (χ4v) is 2.31. The van der Waals surface area contributed by atoms with Gasteiger partial charge in [0.05, 0.1) is 6.61 Å². The second kappa shape index (κ2) is 5.08. The molecule has 1 aromatic carbocycles. The van der Waals surface area contributed by atoms with Gasteiger partial charge in [0.2, 0.25) is 0 Å². The summed E-state index contributed by atoms with van der Waals surface area (Å²) in [6.45, 7) is 8.15. The van der Waals surface area contributed by atoms with Crippen LogP contribution in [0.25, 0.3) is 10.9 Å². The van der Waals surface area contributed by atoms with E-state index in [1.54, 1.807) is 0 Å². The summed E-state index contributed by atoms with van der Waals surface area (Å²) >= 11 is 0. The first-order chi connectivity index (χ1) is 9.00. The van der Waals surface area contributed by atoms with Gasteiger partial charge in [-0.25, -0.2) is 4.79 Å². The van der Waals surface area contributed by atoms with Gasteiger partial charge in [-0.2, -0.15) is 0 Å². The van der Waals surface area contributed by atoms with Gasteiger partial charge in [-0.15, -0.1) is 0 Å². The molecule has 1 aromatic heterocycles. The van der Waals surface area contributed by atoms with Crippen molar-refractivity contribution in [2.24, 2.45) is 0 Å². The Morgan fingerprint density at radius 1 is 1.26 bits per heavy atom. The smallest absolute Gasteiger partial charge is 0.331 e. The summed E-state index contributed by atoms with van der Waals surface area (Å²) in [5, 5.41) is 1.16.